The van der Waals surface area contributed by atoms with Crippen LogP contribution in [0, 0.1) is 5.82 Å². The van der Waals surface area contributed by atoms with Crippen LogP contribution in [-0.4, -0.2) is 78.2 Å². The van der Waals surface area contributed by atoms with E-state index in [1.807, 2.05) is 43.5 Å². The molecule has 0 aromatic heterocycles. The lowest BCUT2D eigenvalue weighted by Crippen LogP contribution is -2.50. The van der Waals surface area contributed by atoms with Crippen molar-refractivity contribution in [1.82, 2.24) is 9.80 Å². The summed E-state index contributed by atoms with van der Waals surface area (Å²) in [6.07, 6.45) is -0.319. The Kier molecular flexibility index (Phi) is 9.53. The maximum atomic E-state index is 14.8. The molecule has 0 bridgehead atoms. The minimum Gasteiger partial charge on any atom is -0.444 e. The molecule has 0 saturated carbocycles. The molecule has 3 rings (SSSR count). The third-order valence-corrected chi connectivity index (χ3v) is 5.99. The molecule has 2 saturated heterocycles. The molecule has 2 heterocycles. The van der Waals surface area contributed by atoms with Crippen molar-refractivity contribution in [3.8, 4) is 0 Å². The van der Waals surface area contributed by atoms with E-state index in [2.05, 4.69) is 9.89 Å². The highest BCUT2D eigenvalue weighted by molar-refractivity contribution is 14.0. The SMILES string of the molecule is CC(C)(C)OC(=O)N1CCN(c2ccc(CN=C(N)N3CCSCC3)cc2F)CC1.I. The Morgan fingerprint density at radius 3 is 2.35 bits per heavy atom. The molecule has 0 atom stereocenters. The Balaban J connectivity index is 0.00000341. The van der Waals surface area contributed by atoms with E-state index in [-0.39, 0.29) is 35.9 Å². The number of carbonyl (C=O) groups is 1. The van der Waals surface area contributed by atoms with Crippen LogP contribution in [0.1, 0.15) is 26.3 Å². The Hall–Kier alpha value is -1.43. The number of nitrogens with two attached hydrogens (primary N) is 1. The Bertz CT molecular complexity index is 776. The molecule has 1 amide bonds. The topological polar surface area (TPSA) is 74.4 Å². The van der Waals surface area contributed by atoms with E-state index in [0.717, 1.165) is 30.2 Å². The molecule has 2 fully saturated rings. The number of halogens is 2. The van der Waals surface area contributed by atoms with Crippen molar-refractivity contribution >= 4 is 53.5 Å². The fourth-order valence-corrected chi connectivity index (χ4v) is 4.33. The zero-order valence-corrected chi connectivity index (χ0v) is 21.6. The van der Waals surface area contributed by atoms with Gasteiger partial charge in [0, 0.05) is 50.8 Å². The quantitative estimate of drug-likeness (QED) is 0.345. The molecule has 0 aliphatic carbocycles. The average molecular weight is 565 g/mol. The van der Waals surface area contributed by atoms with Gasteiger partial charge in [-0.2, -0.15) is 11.8 Å². The number of carbonyl (C=O) groups excluding carboxylic acids is 1. The van der Waals surface area contributed by atoms with Crippen molar-refractivity contribution in [3.05, 3.63) is 29.6 Å². The molecule has 31 heavy (non-hydrogen) atoms. The van der Waals surface area contributed by atoms with Crippen LogP contribution in [0.25, 0.3) is 0 Å². The Morgan fingerprint density at radius 2 is 1.77 bits per heavy atom. The number of guanidine groups is 1. The fraction of sp³-hybridized carbons (Fsp3) is 0.619. The van der Waals surface area contributed by atoms with Gasteiger partial charge in [0.15, 0.2) is 5.96 Å². The van der Waals surface area contributed by atoms with E-state index in [1.165, 1.54) is 6.07 Å². The molecule has 2 aliphatic rings. The molecule has 1 aromatic carbocycles. The van der Waals surface area contributed by atoms with E-state index in [4.69, 9.17) is 10.5 Å². The number of hydrogen-bond donors (Lipinski definition) is 1. The minimum absolute atomic E-state index is 0. The van der Waals surface area contributed by atoms with Gasteiger partial charge in [0.25, 0.3) is 0 Å². The lowest BCUT2D eigenvalue weighted by molar-refractivity contribution is 0.0240. The zero-order valence-electron chi connectivity index (χ0n) is 18.5. The van der Waals surface area contributed by atoms with Crippen molar-refractivity contribution in [1.29, 1.82) is 0 Å². The number of benzene rings is 1. The third-order valence-electron chi connectivity index (χ3n) is 5.04. The number of piperazine rings is 1. The van der Waals surface area contributed by atoms with Crippen LogP contribution < -0.4 is 10.6 Å². The van der Waals surface area contributed by atoms with Crippen LogP contribution in [0.15, 0.2) is 23.2 Å². The van der Waals surface area contributed by atoms with Crippen molar-refractivity contribution in [3.63, 3.8) is 0 Å². The van der Waals surface area contributed by atoms with E-state index in [0.29, 0.717) is 44.4 Å². The Labute approximate surface area is 205 Å². The zero-order chi connectivity index (χ0) is 21.7. The molecule has 2 N–H and O–H groups in total. The molecule has 0 spiro atoms. The summed E-state index contributed by atoms with van der Waals surface area (Å²) in [7, 11) is 0. The van der Waals surface area contributed by atoms with Crippen LogP contribution in [0.5, 0.6) is 0 Å². The number of anilines is 1. The summed E-state index contributed by atoms with van der Waals surface area (Å²) in [4.78, 5) is 22.3. The first-order chi connectivity index (χ1) is 14.2. The summed E-state index contributed by atoms with van der Waals surface area (Å²) in [6.45, 7) is 9.85. The molecular formula is C21H33FIN5O2S. The smallest absolute Gasteiger partial charge is 0.410 e. The van der Waals surface area contributed by atoms with Gasteiger partial charge in [-0.25, -0.2) is 14.2 Å². The van der Waals surface area contributed by atoms with Gasteiger partial charge in [0.05, 0.1) is 12.2 Å². The van der Waals surface area contributed by atoms with Crippen LogP contribution in [0.3, 0.4) is 0 Å². The number of amides is 1. The molecule has 0 unspecified atom stereocenters. The molecule has 0 radical (unpaired) electrons. The van der Waals surface area contributed by atoms with Gasteiger partial charge in [-0.1, -0.05) is 6.07 Å². The summed E-state index contributed by atoms with van der Waals surface area (Å²) >= 11 is 1.92. The third kappa shape index (κ3) is 7.58. The molecule has 7 nitrogen and oxygen atoms in total. The maximum absolute atomic E-state index is 14.8. The van der Waals surface area contributed by atoms with Gasteiger partial charge in [-0.3, -0.25) is 0 Å². The van der Waals surface area contributed by atoms with Gasteiger partial charge >= 0.3 is 6.09 Å². The van der Waals surface area contributed by atoms with E-state index < -0.39 is 5.60 Å². The fourth-order valence-electron chi connectivity index (χ4n) is 3.43. The number of nitrogens with zero attached hydrogens (tertiary/aromatic N) is 4. The van der Waals surface area contributed by atoms with E-state index >= 15 is 0 Å². The number of hydrogen-bond acceptors (Lipinski definition) is 5. The highest BCUT2D eigenvalue weighted by atomic mass is 127. The lowest BCUT2D eigenvalue weighted by Gasteiger charge is -2.36. The number of aliphatic imine (C=N–C) groups is 1. The molecule has 2 aliphatic heterocycles. The molecule has 10 heteroatoms. The molecule has 174 valence electrons. The monoisotopic (exact) mass is 565 g/mol. The van der Waals surface area contributed by atoms with Crippen LogP contribution in [-0.2, 0) is 11.3 Å². The van der Waals surface area contributed by atoms with Gasteiger partial charge in [-0.05, 0) is 38.5 Å². The first-order valence-corrected chi connectivity index (χ1v) is 11.5. The highest BCUT2D eigenvalue weighted by Crippen LogP contribution is 2.23. The first-order valence-electron chi connectivity index (χ1n) is 10.4. The largest absolute Gasteiger partial charge is 0.444 e. The summed E-state index contributed by atoms with van der Waals surface area (Å²) < 4.78 is 20.2. The van der Waals surface area contributed by atoms with Crippen LogP contribution in [0.4, 0.5) is 14.9 Å². The first kappa shape index (κ1) is 25.8. The summed E-state index contributed by atoms with van der Waals surface area (Å²) in [5.41, 5.74) is 6.90. The minimum atomic E-state index is -0.519. The van der Waals surface area contributed by atoms with Crippen molar-refractivity contribution < 1.29 is 13.9 Å². The van der Waals surface area contributed by atoms with Gasteiger partial charge in [-0.15, -0.1) is 24.0 Å². The second-order valence-electron chi connectivity index (χ2n) is 8.51. The van der Waals surface area contributed by atoms with E-state index in [9.17, 15) is 9.18 Å². The normalized spacial score (nSPS) is 17.9. The molecular weight excluding hydrogens is 532 g/mol. The summed E-state index contributed by atoms with van der Waals surface area (Å²) in [6, 6.07) is 5.21. The standard InChI is InChI=1S/C21H32FN5O2S.HI/c1-21(2,3)29-20(28)27-8-6-25(7-9-27)18-5-4-16(14-17(18)22)15-24-19(23)26-10-12-30-13-11-26;/h4-5,14H,6-13,15H2,1-3H3,(H2,23,24);1H. The predicted octanol–water partition coefficient (Wildman–Crippen LogP) is 3.36. The number of rotatable bonds is 3. The number of thioether (sulfide) groups is 1. The lowest BCUT2D eigenvalue weighted by atomic mass is 10.1. The predicted molar refractivity (Wildman–Crippen MR) is 136 cm³/mol. The maximum Gasteiger partial charge on any atom is 0.410 e. The number of ether oxygens (including phenoxy) is 1. The second kappa shape index (κ2) is 11.4. The van der Waals surface area contributed by atoms with Crippen molar-refractivity contribution in [2.24, 2.45) is 10.7 Å². The summed E-state index contributed by atoms with van der Waals surface area (Å²) in [5.74, 6) is 2.36. The summed E-state index contributed by atoms with van der Waals surface area (Å²) in [5, 5.41) is 0. The van der Waals surface area contributed by atoms with Gasteiger partial charge in [0.1, 0.15) is 11.4 Å². The van der Waals surface area contributed by atoms with Gasteiger partial charge < -0.3 is 25.2 Å². The second-order valence-corrected chi connectivity index (χ2v) is 9.74. The highest BCUT2D eigenvalue weighted by Gasteiger charge is 2.26. The van der Waals surface area contributed by atoms with E-state index in [1.54, 1.807) is 11.0 Å². The average Bonchev–Trinajstić information content (AvgIpc) is 2.71. The van der Waals surface area contributed by atoms with Crippen LogP contribution >= 0.6 is 35.7 Å². The van der Waals surface area contributed by atoms with Crippen molar-refractivity contribution in [2.75, 3.05) is 55.7 Å². The Morgan fingerprint density at radius 1 is 1.13 bits per heavy atom. The van der Waals surface area contributed by atoms with Gasteiger partial charge in [0.2, 0.25) is 0 Å². The molecule has 1 aromatic rings. The van der Waals surface area contributed by atoms with Crippen molar-refractivity contribution in [2.45, 2.75) is 32.9 Å². The van der Waals surface area contributed by atoms with Crippen LogP contribution in [0.2, 0.25) is 0 Å².